The van der Waals surface area contributed by atoms with Gasteiger partial charge in [-0.05, 0) is 0 Å². The van der Waals surface area contributed by atoms with Crippen LogP contribution in [0.5, 0.6) is 0 Å². The predicted molar refractivity (Wildman–Crippen MR) is 44.9 cm³/mol. The fourth-order valence-corrected chi connectivity index (χ4v) is 0.674. The molecule has 0 fully saturated rings. The lowest BCUT2D eigenvalue weighted by molar-refractivity contribution is 0.340. The van der Waals surface area contributed by atoms with Gasteiger partial charge in [0.15, 0.2) is 0 Å². The molecular formula is C5H14BrN3. The minimum absolute atomic E-state index is 0. The molecule has 1 aliphatic heterocycles. The maximum Gasteiger partial charge on any atom is 0.0887 e. The monoisotopic (exact) mass is 195 g/mol. The van der Waals surface area contributed by atoms with Crippen LogP contribution >= 0.6 is 17.0 Å². The van der Waals surface area contributed by atoms with E-state index in [0.717, 1.165) is 6.67 Å². The van der Waals surface area contributed by atoms with Gasteiger partial charge >= 0.3 is 0 Å². The summed E-state index contributed by atoms with van der Waals surface area (Å²) in [6, 6.07) is 0. The molecule has 9 heavy (non-hydrogen) atoms. The highest BCUT2D eigenvalue weighted by Crippen LogP contribution is 1.97. The second-order valence-corrected chi connectivity index (χ2v) is 1.95. The molecule has 0 radical (unpaired) electrons. The standard InChI is InChI=1S/C5H10N2.BrH.H3N/c1-6-3-4-7(2)5-6;;/h3-4H,5H2,1-2H3;1H;1H3. The number of halogens is 1. The molecule has 1 aliphatic rings. The Bertz CT molecular complexity index is 84.2. The van der Waals surface area contributed by atoms with Crippen molar-refractivity contribution >= 4 is 17.0 Å². The molecule has 0 saturated heterocycles. The first-order valence-corrected chi connectivity index (χ1v) is 2.38. The van der Waals surface area contributed by atoms with E-state index in [1.807, 2.05) is 0 Å². The summed E-state index contributed by atoms with van der Waals surface area (Å²) >= 11 is 0. The van der Waals surface area contributed by atoms with Gasteiger partial charge in [-0.2, -0.15) is 0 Å². The summed E-state index contributed by atoms with van der Waals surface area (Å²) in [5.74, 6) is 0. The zero-order chi connectivity index (χ0) is 5.28. The van der Waals surface area contributed by atoms with Gasteiger partial charge in [-0.3, -0.25) is 0 Å². The SMILES string of the molecule is Br.CN1C=CN(C)C1.N. The number of nitrogens with zero attached hydrogens (tertiary/aromatic N) is 2. The molecule has 0 bridgehead atoms. The van der Waals surface area contributed by atoms with E-state index in [2.05, 4.69) is 36.3 Å². The highest BCUT2D eigenvalue weighted by molar-refractivity contribution is 8.93. The van der Waals surface area contributed by atoms with E-state index in [0.29, 0.717) is 0 Å². The van der Waals surface area contributed by atoms with Gasteiger partial charge in [-0.15, -0.1) is 17.0 Å². The minimum atomic E-state index is 0. The molecule has 1 heterocycles. The van der Waals surface area contributed by atoms with Crippen LogP contribution < -0.4 is 6.15 Å². The molecule has 0 amide bonds. The van der Waals surface area contributed by atoms with Crippen molar-refractivity contribution in [2.45, 2.75) is 0 Å². The van der Waals surface area contributed by atoms with E-state index in [1.165, 1.54) is 0 Å². The van der Waals surface area contributed by atoms with Crippen molar-refractivity contribution in [3.63, 3.8) is 0 Å². The number of rotatable bonds is 0. The summed E-state index contributed by atoms with van der Waals surface area (Å²) < 4.78 is 0. The summed E-state index contributed by atoms with van der Waals surface area (Å²) in [5, 5.41) is 0. The van der Waals surface area contributed by atoms with E-state index in [9.17, 15) is 0 Å². The Morgan fingerprint density at radius 2 is 1.44 bits per heavy atom. The zero-order valence-electron chi connectivity index (χ0n) is 5.87. The van der Waals surface area contributed by atoms with Crippen molar-refractivity contribution in [1.29, 1.82) is 0 Å². The van der Waals surface area contributed by atoms with Crippen LogP contribution in [0.25, 0.3) is 0 Å². The van der Waals surface area contributed by atoms with Gasteiger partial charge in [0.1, 0.15) is 0 Å². The maximum absolute atomic E-state index is 2.12. The molecule has 1 rings (SSSR count). The van der Waals surface area contributed by atoms with Gasteiger partial charge < -0.3 is 16.0 Å². The Morgan fingerprint density at radius 3 is 1.56 bits per heavy atom. The molecule has 0 aromatic carbocycles. The molecule has 0 atom stereocenters. The average Bonchev–Trinajstić information content (AvgIpc) is 1.87. The van der Waals surface area contributed by atoms with Crippen molar-refractivity contribution in [2.24, 2.45) is 0 Å². The summed E-state index contributed by atoms with van der Waals surface area (Å²) in [6.07, 6.45) is 4.11. The highest BCUT2D eigenvalue weighted by Gasteiger charge is 1.99. The van der Waals surface area contributed by atoms with Crippen molar-refractivity contribution in [1.82, 2.24) is 16.0 Å². The maximum atomic E-state index is 2.12. The fourth-order valence-electron chi connectivity index (χ4n) is 0.674. The third kappa shape index (κ3) is 3.37. The first-order chi connectivity index (χ1) is 3.29. The van der Waals surface area contributed by atoms with E-state index in [-0.39, 0.29) is 23.1 Å². The average molecular weight is 196 g/mol. The summed E-state index contributed by atoms with van der Waals surface area (Å²) in [7, 11) is 4.11. The Balaban J connectivity index is 0. The molecule has 3 N–H and O–H groups in total. The quantitative estimate of drug-likeness (QED) is 0.629. The van der Waals surface area contributed by atoms with E-state index in [4.69, 9.17) is 0 Å². The van der Waals surface area contributed by atoms with Crippen molar-refractivity contribution in [2.75, 3.05) is 20.8 Å². The number of hydrogen-bond donors (Lipinski definition) is 1. The first kappa shape index (κ1) is 11.6. The van der Waals surface area contributed by atoms with Gasteiger partial charge in [-0.25, -0.2) is 0 Å². The molecule has 0 aromatic rings. The smallest absolute Gasteiger partial charge is 0.0887 e. The second-order valence-electron chi connectivity index (χ2n) is 1.95. The summed E-state index contributed by atoms with van der Waals surface area (Å²) in [4.78, 5) is 4.25. The highest BCUT2D eigenvalue weighted by atomic mass is 79.9. The normalized spacial score (nSPS) is 14.9. The molecule has 0 aliphatic carbocycles. The van der Waals surface area contributed by atoms with E-state index in [1.54, 1.807) is 0 Å². The van der Waals surface area contributed by atoms with Gasteiger partial charge in [0.2, 0.25) is 0 Å². The van der Waals surface area contributed by atoms with E-state index >= 15 is 0 Å². The van der Waals surface area contributed by atoms with Crippen LogP contribution in [-0.4, -0.2) is 30.6 Å². The molecule has 0 aromatic heterocycles. The van der Waals surface area contributed by atoms with Crippen LogP contribution in [0.2, 0.25) is 0 Å². The van der Waals surface area contributed by atoms with Gasteiger partial charge in [-0.1, -0.05) is 0 Å². The molecule has 4 heteroatoms. The Labute approximate surface area is 66.7 Å². The van der Waals surface area contributed by atoms with Crippen LogP contribution in [0, 0.1) is 0 Å². The van der Waals surface area contributed by atoms with Crippen LogP contribution in [0.1, 0.15) is 0 Å². The Morgan fingerprint density at radius 1 is 1.11 bits per heavy atom. The van der Waals surface area contributed by atoms with Gasteiger partial charge in [0.05, 0.1) is 6.67 Å². The largest absolute Gasteiger partial charge is 0.362 e. The summed E-state index contributed by atoms with van der Waals surface area (Å²) in [5.41, 5.74) is 0. The Kier molecular flexibility index (Phi) is 5.96. The van der Waals surface area contributed by atoms with Crippen LogP contribution in [0.4, 0.5) is 0 Å². The second kappa shape index (κ2) is 4.64. The molecule has 56 valence electrons. The summed E-state index contributed by atoms with van der Waals surface area (Å²) in [6.45, 7) is 1.03. The molecule has 3 nitrogen and oxygen atoms in total. The van der Waals surface area contributed by atoms with Crippen LogP contribution in [0.3, 0.4) is 0 Å². The molecular weight excluding hydrogens is 182 g/mol. The topological polar surface area (TPSA) is 41.5 Å². The molecule has 0 spiro atoms. The lowest BCUT2D eigenvalue weighted by atomic mass is 10.9. The van der Waals surface area contributed by atoms with Crippen molar-refractivity contribution in [3.8, 4) is 0 Å². The van der Waals surface area contributed by atoms with E-state index < -0.39 is 0 Å². The van der Waals surface area contributed by atoms with Gasteiger partial charge in [0, 0.05) is 26.5 Å². The fraction of sp³-hybridized carbons (Fsp3) is 0.600. The van der Waals surface area contributed by atoms with Crippen LogP contribution in [-0.2, 0) is 0 Å². The van der Waals surface area contributed by atoms with Crippen molar-refractivity contribution < 1.29 is 0 Å². The lowest BCUT2D eigenvalue weighted by Gasteiger charge is -2.10. The zero-order valence-corrected chi connectivity index (χ0v) is 7.58. The molecule has 0 saturated carbocycles. The minimum Gasteiger partial charge on any atom is -0.362 e. The van der Waals surface area contributed by atoms with Crippen LogP contribution in [0.15, 0.2) is 12.4 Å². The predicted octanol–water partition coefficient (Wildman–Crippen LogP) is 1.03. The lowest BCUT2D eigenvalue weighted by Crippen LogP contribution is -2.17. The third-order valence-corrected chi connectivity index (χ3v) is 1.02. The molecule has 0 unspecified atom stereocenters. The van der Waals surface area contributed by atoms with Gasteiger partial charge in [0.25, 0.3) is 0 Å². The van der Waals surface area contributed by atoms with Crippen molar-refractivity contribution in [3.05, 3.63) is 12.4 Å². The third-order valence-electron chi connectivity index (χ3n) is 1.02. The first-order valence-electron chi connectivity index (χ1n) is 2.38. The Hall–Kier alpha value is -0.220. The number of hydrogen-bond acceptors (Lipinski definition) is 3.